The first-order valence-corrected chi connectivity index (χ1v) is 10.2. The van der Waals surface area contributed by atoms with Crippen molar-refractivity contribution in [3.05, 3.63) is 47.5 Å². The second-order valence-electron chi connectivity index (χ2n) is 7.53. The molecule has 166 valence electrons. The minimum atomic E-state index is 0. The molecule has 9 heteroatoms. The molecule has 0 amide bonds. The predicted octanol–water partition coefficient (Wildman–Crippen LogP) is 2.73. The van der Waals surface area contributed by atoms with Crippen LogP contribution in [-0.2, 0) is 23.1 Å². The highest BCUT2D eigenvalue weighted by atomic mass is 127. The second-order valence-corrected chi connectivity index (χ2v) is 7.53. The fourth-order valence-electron chi connectivity index (χ4n) is 3.10. The lowest BCUT2D eigenvalue weighted by atomic mass is 10.1. The Kier molecular flexibility index (Phi) is 9.99. The summed E-state index contributed by atoms with van der Waals surface area (Å²) < 4.78 is 13.3. The van der Waals surface area contributed by atoms with E-state index in [1.165, 1.54) is 5.56 Å². The zero-order valence-corrected chi connectivity index (χ0v) is 20.5. The van der Waals surface area contributed by atoms with Crippen LogP contribution in [0.3, 0.4) is 0 Å². The molecule has 1 aromatic heterocycles. The van der Waals surface area contributed by atoms with Crippen LogP contribution in [-0.4, -0.2) is 52.7 Å². The lowest BCUT2D eigenvalue weighted by Crippen LogP contribution is -2.45. The molecule has 30 heavy (non-hydrogen) atoms. The van der Waals surface area contributed by atoms with Crippen molar-refractivity contribution >= 4 is 29.9 Å². The summed E-state index contributed by atoms with van der Waals surface area (Å²) in [4.78, 5) is 4.74. The van der Waals surface area contributed by atoms with Crippen LogP contribution in [0.1, 0.15) is 43.5 Å². The van der Waals surface area contributed by atoms with Crippen LogP contribution >= 0.6 is 24.0 Å². The smallest absolute Gasteiger partial charge is 0.192 e. The summed E-state index contributed by atoms with van der Waals surface area (Å²) in [5, 5.41) is 15.3. The van der Waals surface area contributed by atoms with Gasteiger partial charge in [-0.1, -0.05) is 30.3 Å². The standard InChI is InChI=1S/C21H32N6O2.HI/c1-15(13-29-19-10-11-28-14-19)23-21(22-12-20-26-25-17(3)27(20)4)24-16(2)18-8-6-5-7-9-18;/h5-9,15-16,19H,10-14H2,1-4H3,(H2,22,23,24);1H. The fraction of sp³-hybridized carbons (Fsp3) is 0.571. The van der Waals surface area contributed by atoms with Crippen LogP contribution in [0, 0.1) is 6.92 Å². The molecule has 1 fully saturated rings. The molecule has 2 aromatic rings. The number of nitrogens with one attached hydrogen (secondary N) is 2. The van der Waals surface area contributed by atoms with Gasteiger partial charge in [-0.25, -0.2) is 4.99 Å². The molecule has 0 saturated carbocycles. The summed E-state index contributed by atoms with van der Waals surface area (Å²) in [5.74, 6) is 2.42. The molecule has 1 saturated heterocycles. The molecule has 3 rings (SSSR count). The normalized spacial score (nSPS) is 18.5. The van der Waals surface area contributed by atoms with Gasteiger partial charge in [0.05, 0.1) is 25.4 Å². The number of benzene rings is 1. The highest BCUT2D eigenvalue weighted by Gasteiger charge is 2.18. The van der Waals surface area contributed by atoms with E-state index in [0.29, 0.717) is 19.8 Å². The van der Waals surface area contributed by atoms with Crippen LogP contribution in [0.25, 0.3) is 0 Å². The monoisotopic (exact) mass is 528 g/mol. The van der Waals surface area contributed by atoms with Crippen molar-refractivity contribution in [2.45, 2.75) is 51.9 Å². The SMILES string of the molecule is Cc1nnc(CN=C(NC(C)COC2CCOC2)NC(C)c2ccccc2)n1C.I. The van der Waals surface area contributed by atoms with Crippen molar-refractivity contribution < 1.29 is 9.47 Å². The van der Waals surface area contributed by atoms with E-state index in [-0.39, 0.29) is 42.2 Å². The number of guanidine groups is 1. The third-order valence-corrected chi connectivity index (χ3v) is 5.07. The van der Waals surface area contributed by atoms with E-state index >= 15 is 0 Å². The van der Waals surface area contributed by atoms with Gasteiger partial charge in [0.15, 0.2) is 11.8 Å². The Morgan fingerprint density at radius 3 is 2.67 bits per heavy atom. The number of aromatic nitrogens is 3. The minimum absolute atomic E-state index is 0. The summed E-state index contributed by atoms with van der Waals surface area (Å²) in [6, 6.07) is 10.5. The first-order valence-electron chi connectivity index (χ1n) is 10.2. The molecule has 2 N–H and O–H groups in total. The molecular weight excluding hydrogens is 495 g/mol. The molecule has 0 aliphatic carbocycles. The summed E-state index contributed by atoms with van der Waals surface area (Å²) in [5.41, 5.74) is 1.20. The highest BCUT2D eigenvalue weighted by molar-refractivity contribution is 14.0. The molecular formula is C21H33IN6O2. The van der Waals surface area contributed by atoms with Crippen molar-refractivity contribution in [2.75, 3.05) is 19.8 Å². The third-order valence-electron chi connectivity index (χ3n) is 5.07. The zero-order valence-electron chi connectivity index (χ0n) is 18.2. The minimum Gasteiger partial charge on any atom is -0.379 e. The Labute approximate surface area is 195 Å². The highest BCUT2D eigenvalue weighted by Crippen LogP contribution is 2.12. The zero-order chi connectivity index (χ0) is 20.6. The van der Waals surface area contributed by atoms with Gasteiger partial charge in [-0.15, -0.1) is 34.2 Å². The largest absolute Gasteiger partial charge is 0.379 e. The van der Waals surface area contributed by atoms with E-state index in [2.05, 4.69) is 46.8 Å². The molecule has 8 nitrogen and oxygen atoms in total. The Morgan fingerprint density at radius 1 is 1.27 bits per heavy atom. The van der Waals surface area contributed by atoms with Crippen molar-refractivity contribution in [1.29, 1.82) is 0 Å². The van der Waals surface area contributed by atoms with E-state index in [0.717, 1.165) is 30.6 Å². The van der Waals surface area contributed by atoms with Crippen LogP contribution in [0.4, 0.5) is 0 Å². The Morgan fingerprint density at radius 2 is 2.03 bits per heavy atom. The number of ether oxygens (including phenoxy) is 2. The van der Waals surface area contributed by atoms with E-state index in [1.807, 2.05) is 36.7 Å². The molecule has 1 aliphatic rings. The lowest BCUT2D eigenvalue weighted by molar-refractivity contribution is 0.0347. The summed E-state index contributed by atoms with van der Waals surface area (Å²) in [6.07, 6.45) is 1.15. The Bertz CT molecular complexity index is 792. The quantitative estimate of drug-likeness (QED) is 0.312. The first kappa shape index (κ1) is 24.5. The molecule has 0 spiro atoms. The second kappa shape index (κ2) is 12.2. The maximum atomic E-state index is 5.94. The Hall–Kier alpha value is -1.72. The van der Waals surface area contributed by atoms with Gasteiger partial charge in [0, 0.05) is 19.7 Å². The molecule has 0 bridgehead atoms. The third kappa shape index (κ3) is 7.21. The van der Waals surface area contributed by atoms with Gasteiger partial charge in [-0.3, -0.25) is 0 Å². The van der Waals surface area contributed by atoms with Crippen molar-refractivity contribution in [3.63, 3.8) is 0 Å². The number of aliphatic imine (C=N–C) groups is 1. The van der Waals surface area contributed by atoms with Gasteiger partial charge in [-0.2, -0.15) is 0 Å². The number of hydrogen-bond acceptors (Lipinski definition) is 5. The van der Waals surface area contributed by atoms with E-state index in [9.17, 15) is 0 Å². The van der Waals surface area contributed by atoms with Crippen LogP contribution < -0.4 is 10.6 Å². The van der Waals surface area contributed by atoms with Gasteiger partial charge in [-0.05, 0) is 32.8 Å². The number of halogens is 1. The fourth-order valence-corrected chi connectivity index (χ4v) is 3.10. The number of rotatable bonds is 8. The maximum Gasteiger partial charge on any atom is 0.192 e. The molecule has 3 atom stereocenters. The van der Waals surface area contributed by atoms with Crippen molar-refractivity contribution in [3.8, 4) is 0 Å². The predicted molar refractivity (Wildman–Crippen MR) is 128 cm³/mol. The first-order chi connectivity index (χ1) is 14.0. The summed E-state index contributed by atoms with van der Waals surface area (Å²) >= 11 is 0. The van der Waals surface area contributed by atoms with E-state index < -0.39 is 0 Å². The average molecular weight is 528 g/mol. The summed E-state index contributed by atoms with van der Waals surface area (Å²) in [6.45, 7) is 8.65. The van der Waals surface area contributed by atoms with Gasteiger partial charge in [0.2, 0.25) is 0 Å². The van der Waals surface area contributed by atoms with E-state index in [1.54, 1.807) is 0 Å². The maximum absolute atomic E-state index is 5.94. The number of aryl methyl sites for hydroxylation is 1. The number of nitrogens with zero attached hydrogens (tertiary/aromatic N) is 4. The molecule has 3 unspecified atom stereocenters. The molecule has 2 heterocycles. The average Bonchev–Trinajstić information content (AvgIpc) is 3.36. The van der Waals surface area contributed by atoms with Gasteiger partial charge < -0.3 is 24.7 Å². The van der Waals surface area contributed by atoms with Gasteiger partial charge >= 0.3 is 0 Å². The van der Waals surface area contributed by atoms with Crippen molar-refractivity contribution in [2.24, 2.45) is 12.0 Å². The van der Waals surface area contributed by atoms with Crippen molar-refractivity contribution in [1.82, 2.24) is 25.4 Å². The number of hydrogen-bond donors (Lipinski definition) is 2. The molecule has 1 aromatic carbocycles. The lowest BCUT2D eigenvalue weighted by Gasteiger charge is -2.23. The summed E-state index contributed by atoms with van der Waals surface area (Å²) in [7, 11) is 1.95. The van der Waals surface area contributed by atoms with Gasteiger partial charge in [0.1, 0.15) is 12.4 Å². The van der Waals surface area contributed by atoms with Crippen LogP contribution in [0.2, 0.25) is 0 Å². The van der Waals surface area contributed by atoms with Gasteiger partial charge in [0.25, 0.3) is 0 Å². The topological polar surface area (TPSA) is 85.6 Å². The molecule has 0 radical (unpaired) electrons. The van der Waals surface area contributed by atoms with Crippen LogP contribution in [0.15, 0.2) is 35.3 Å². The van der Waals surface area contributed by atoms with Crippen LogP contribution in [0.5, 0.6) is 0 Å². The Balaban J connectivity index is 0.00000320. The van der Waals surface area contributed by atoms with E-state index in [4.69, 9.17) is 14.5 Å². The molecule has 1 aliphatic heterocycles.